The molecular weight excluding hydrogens is 1100 g/mol. The minimum absolute atomic E-state index is 0.0223. The lowest BCUT2D eigenvalue weighted by molar-refractivity contribution is -0.193. The smallest absolute Gasteiger partial charge is 0.317 e. The first kappa shape index (κ1) is 64.6. The maximum absolute atomic E-state index is 14.5. The van der Waals surface area contributed by atoms with Crippen LogP contribution in [0.15, 0.2) is 59.6 Å². The fourth-order valence-corrected chi connectivity index (χ4v) is 9.10. The number of hydrogen-bond acceptors (Lipinski definition) is 13. The van der Waals surface area contributed by atoms with Crippen molar-refractivity contribution in [3.8, 4) is 23.8 Å². The van der Waals surface area contributed by atoms with Gasteiger partial charge in [0.15, 0.2) is 17.3 Å². The summed E-state index contributed by atoms with van der Waals surface area (Å²) in [5.41, 5.74) is 4.61. The number of aryl methyl sites for hydroxylation is 2. The van der Waals surface area contributed by atoms with Crippen LogP contribution in [-0.4, -0.2) is 131 Å². The highest BCUT2D eigenvalue weighted by Gasteiger charge is 2.33. The van der Waals surface area contributed by atoms with Crippen LogP contribution in [0.25, 0.3) is 0 Å². The van der Waals surface area contributed by atoms with E-state index in [1.807, 2.05) is 67.1 Å². The number of nitrogens with one attached hydrogen (secondary N) is 1. The third kappa shape index (κ3) is 19.7. The highest BCUT2D eigenvalue weighted by Crippen LogP contribution is 2.38. The minimum atomic E-state index is -4.35. The van der Waals surface area contributed by atoms with E-state index in [1.54, 1.807) is 16.9 Å². The second-order valence-corrected chi connectivity index (χ2v) is 24.4. The summed E-state index contributed by atoms with van der Waals surface area (Å²) in [4.78, 5) is 72.7. The molecule has 0 radical (unpaired) electrons. The summed E-state index contributed by atoms with van der Waals surface area (Å²) in [7, 11) is -2.07. The molecule has 0 saturated carbocycles. The van der Waals surface area contributed by atoms with Crippen LogP contribution in [0, 0.1) is 30.5 Å². The third-order valence-electron chi connectivity index (χ3n) is 10.7. The molecule has 3 amide bonds. The Kier molecular flexibility index (Phi) is 26.1. The maximum Gasteiger partial charge on any atom is 0.317 e. The molecule has 3 N–H and O–H groups in total. The van der Waals surface area contributed by atoms with Gasteiger partial charge in [-0.3, -0.25) is 29.4 Å². The fourth-order valence-electron chi connectivity index (χ4n) is 7.61. The number of carbonyl (C=O) groups excluding carboxylic acids is 3. The maximum atomic E-state index is 14.5. The number of methoxy groups -OCH3 is 1. The van der Waals surface area contributed by atoms with Crippen LogP contribution in [0.2, 0.25) is 0 Å². The highest BCUT2D eigenvalue weighted by molar-refractivity contribution is 7.94. The molecule has 4 heterocycles. The topological polar surface area (TPSA) is 228 Å². The second kappa shape index (κ2) is 30.3. The zero-order valence-electron chi connectivity index (χ0n) is 43.6. The van der Waals surface area contributed by atoms with E-state index >= 15 is 0 Å². The predicted molar refractivity (Wildman–Crippen MR) is 296 cm³/mol. The summed E-state index contributed by atoms with van der Waals surface area (Å²) >= 11 is 18.3. The van der Waals surface area contributed by atoms with E-state index < -0.39 is 37.0 Å². The van der Waals surface area contributed by atoms with Gasteiger partial charge in [-0.05, 0) is 72.8 Å². The average Bonchev–Trinajstić information content (AvgIpc) is 3.84. The summed E-state index contributed by atoms with van der Waals surface area (Å²) in [5, 5.41) is 9.97. The number of alkyl halides is 3. The molecule has 75 heavy (non-hydrogen) atoms. The van der Waals surface area contributed by atoms with Gasteiger partial charge in [0.25, 0.3) is 11.8 Å². The summed E-state index contributed by atoms with van der Waals surface area (Å²) in [6.07, 6.45) is 13.0. The number of nitrogens with zero attached hydrogens (tertiary/aromatic N) is 6. The number of hydrogen-bond donors (Lipinski definition) is 3. The van der Waals surface area contributed by atoms with Gasteiger partial charge < -0.3 is 48.0 Å². The first-order chi connectivity index (χ1) is 35.2. The van der Waals surface area contributed by atoms with Crippen LogP contribution in [0.4, 0.5) is 27.1 Å². The standard InChI is InChI=1S/C18H17FN4O2S.C15H22ClNO2.C11H11Cl2NO2.C3H8NO5P.C3H9S/c1-4-5-22-13-7-12(11(19)6-14(13)25-9-16(22)24)20-17-23-10-18(2,3)8-15(23)21-26-17;1-5-13-8-6-7-11(2)15(13)17(14(18)9-16)12(3)10-19-4;1-7-6-16-9-5-3-2-4-8(9)14(7)11(15)10(12)13;5-3(6)1-4-2-10(7,8)9;1-4(2)3/h1,6-7H,5,8-10H2,2-3H3;6-8,12H,5,9-10H2,1-4H3;2-5,7,10H,6H2,1H3;4H,1-2H2,(H,5,6)(H2,7,8,9);1-3H3/q;;;;+1/p-1/b20-17-;;;;. The highest BCUT2D eigenvalue weighted by atomic mass is 35.5. The average molecular weight is 1160 g/mol. The van der Waals surface area contributed by atoms with Crippen LogP contribution < -0.4 is 39.2 Å². The number of para-hydroxylation sites is 3. The molecule has 3 aromatic carbocycles. The van der Waals surface area contributed by atoms with Crippen molar-refractivity contribution in [3.05, 3.63) is 82.2 Å². The number of fused-ring (bicyclic) bond motifs is 3. The molecule has 0 bridgehead atoms. The largest absolute Gasteiger partial charge is 0.778 e. The number of aliphatic carboxylic acids is 1. The Morgan fingerprint density at radius 3 is 2.40 bits per heavy atom. The zero-order chi connectivity index (χ0) is 56.4. The van der Waals surface area contributed by atoms with Gasteiger partial charge in [0.2, 0.25) is 10.7 Å². The molecule has 0 fully saturated rings. The summed E-state index contributed by atoms with van der Waals surface area (Å²) < 4.78 is 47.0. The normalized spacial score (nSPS) is 16.2. The van der Waals surface area contributed by atoms with Gasteiger partial charge >= 0.3 is 5.97 Å². The summed E-state index contributed by atoms with van der Waals surface area (Å²) in [6, 6.07) is 16.1. The van der Waals surface area contributed by atoms with Crippen LogP contribution in [0.1, 0.15) is 51.6 Å². The molecule has 0 spiro atoms. The Labute approximate surface area is 460 Å². The van der Waals surface area contributed by atoms with Gasteiger partial charge in [0.1, 0.15) is 43.1 Å². The lowest BCUT2D eigenvalue weighted by Crippen LogP contribution is -2.47. The molecule has 18 nitrogen and oxygen atoms in total. The number of aromatic nitrogens is 2. The number of carboxylic acids is 1. The third-order valence-corrected chi connectivity index (χ3v) is 12.7. The summed E-state index contributed by atoms with van der Waals surface area (Å²) in [6.45, 7) is 13.5. The number of benzene rings is 3. The number of terminal acetylenes is 1. The molecule has 25 heteroatoms. The minimum Gasteiger partial charge on any atom is -0.778 e. The molecule has 3 unspecified atom stereocenters. The van der Waals surface area contributed by atoms with Gasteiger partial charge in [-0.15, -0.1) is 18.0 Å². The van der Waals surface area contributed by atoms with Crippen molar-refractivity contribution >= 4 is 111 Å². The molecule has 3 atom stereocenters. The van der Waals surface area contributed by atoms with Gasteiger partial charge in [-0.25, -0.2) is 9.38 Å². The van der Waals surface area contributed by atoms with Crippen LogP contribution in [-0.2, 0) is 58.8 Å². The van der Waals surface area contributed by atoms with Crippen molar-refractivity contribution in [1.29, 1.82) is 0 Å². The lowest BCUT2D eigenvalue weighted by Gasteiger charge is -2.35. The van der Waals surface area contributed by atoms with Crippen LogP contribution in [0.3, 0.4) is 0 Å². The van der Waals surface area contributed by atoms with E-state index in [4.69, 9.17) is 65.4 Å². The molecule has 7 rings (SSSR count). The van der Waals surface area contributed by atoms with E-state index in [2.05, 4.69) is 60.9 Å². The monoisotopic (exact) mass is 1160 g/mol. The zero-order valence-corrected chi connectivity index (χ0v) is 48.4. The molecule has 1 aromatic heterocycles. The van der Waals surface area contributed by atoms with Crippen molar-refractivity contribution in [2.24, 2.45) is 10.4 Å². The first-order valence-electron chi connectivity index (χ1n) is 23.2. The quantitative estimate of drug-likeness (QED) is 0.0550. The van der Waals surface area contributed by atoms with Crippen molar-refractivity contribution in [1.82, 2.24) is 14.3 Å². The Bertz CT molecular complexity index is 2750. The lowest BCUT2D eigenvalue weighted by atomic mass is 9.92. The molecule has 0 saturated heterocycles. The number of anilines is 3. The number of ether oxygens (including phenoxy) is 3. The molecule has 4 aromatic rings. The first-order valence-corrected chi connectivity index (χ1v) is 29.6. The molecular formula is C50H66Cl3FN7O11PS2. The van der Waals surface area contributed by atoms with Crippen LogP contribution >= 0.6 is 53.9 Å². The number of amides is 3. The van der Waals surface area contributed by atoms with Crippen molar-refractivity contribution < 1.29 is 57.2 Å². The number of carboxylic acid groups (broad SMARTS) is 1. The van der Waals surface area contributed by atoms with Gasteiger partial charge in [0.05, 0.1) is 73.9 Å². The fraction of sp³-hybridized carbons (Fsp3) is 0.480. The Morgan fingerprint density at radius 2 is 1.81 bits per heavy atom. The van der Waals surface area contributed by atoms with E-state index in [-0.39, 0.29) is 59.9 Å². The van der Waals surface area contributed by atoms with Gasteiger partial charge in [0, 0.05) is 37.7 Å². The van der Waals surface area contributed by atoms with Gasteiger partial charge in [-0.2, -0.15) is 4.37 Å². The summed E-state index contributed by atoms with van der Waals surface area (Å²) in [5.74, 6) is 2.01. The van der Waals surface area contributed by atoms with E-state index in [0.717, 1.165) is 47.7 Å². The van der Waals surface area contributed by atoms with E-state index in [9.17, 15) is 33.0 Å². The van der Waals surface area contributed by atoms with Crippen molar-refractivity contribution in [2.45, 2.75) is 77.8 Å². The van der Waals surface area contributed by atoms with E-state index in [0.29, 0.717) is 46.1 Å². The molecule has 412 valence electrons. The number of rotatable bonds is 13. The van der Waals surface area contributed by atoms with Crippen molar-refractivity contribution in [2.75, 3.05) is 85.7 Å². The second-order valence-electron chi connectivity index (χ2n) is 18.3. The van der Waals surface area contributed by atoms with E-state index in [1.165, 1.54) is 28.6 Å². The van der Waals surface area contributed by atoms with Crippen molar-refractivity contribution in [3.63, 3.8) is 0 Å². The molecule has 3 aliphatic heterocycles. The van der Waals surface area contributed by atoms with Gasteiger partial charge in [-0.1, -0.05) is 80.2 Å². The Hall–Kier alpha value is -4.72. The Morgan fingerprint density at radius 1 is 1.15 bits per heavy atom. The SMILES string of the molecule is C#CCN1C(=O)COc2cc(F)c(/N=c3\snc4n3CC(C)(C)C4)cc21.CC1COc2ccccc2N1C(=O)C(Cl)Cl.CCc1cccc(C)c1N(C(=O)CCl)C(C)COC.C[S+](C)C.O=C(O)CNCP(=O)([O-])O. The van der Waals surface area contributed by atoms with Crippen LogP contribution in [0.5, 0.6) is 11.5 Å². The Balaban J connectivity index is 0.000000269. The molecule has 0 aliphatic carbocycles. The number of carbonyl (C=O) groups is 4. The molecule has 3 aliphatic rings. The number of halogens is 4. The predicted octanol–water partition coefficient (Wildman–Crippen LogP) is 6.68.